The van der Waals surface area contributed by atoms with Crippen molar-refractivity contribution in [3.05, 3.63) is 70.3 Å². The second kappa shape index (κ2) is 7.24. The fourth-order valence-corrected chi connectivity index (χ4v) is 2.63. The van der Waals surface area contributed by atoms with Gasteiger partial charge in [-0.2, -0.15) is 5.10 Å². The summed E-state index contributed by atoms with van der Waals surface area (Å²) in [6, 6.07) is 15.8. The van der Waals surface area contributed by atoms with Crippen LogP contribution in [0.2, 0.25) is 0 Å². The van der Waals surface area contributed by atoms with Gasteiger partial charge in [0.1, 0.15) is 0 Å². The Kier molecular flexibility index (Phi) is 4.88. The van der Waals surface area contributed by atoms with Gasteiger partial charge in [0.05, 0.1) is 6.21 Å². The van der Waals surface area contributed by atoms with E-state index in [1.807, 2.05) is 48.7 Å². The summed E-state index contributed by atoms with van der Waals surface area (Å²) in [5.74, 6) is -0.0938. The number of para-hydroxylation sites is 1. The van der Waals surface area contributed by atoms with Gasteiger partial charge in [0, 0.05) is 28.0 Å². The third-order valence-corrected chi connectivity index (χ3v) is 4.10. The quantitative estimate of drug-likeness (QED) is 0.517. The summed E-state index contributed by atoms with van der Waals surface area (Å²) >= 11 is 3.38. The number of nitrogens with one attached hydrogen (secondary N) is 2. The van der Waals surface area contributed by atoms with Crippen LogP contribution in [0.4, 0.5) is 0 Å². The van der Waals surface area contributed by atoms with Gasteiger partial charge in [-0.25, -0.2) is 5.43 Å². The predicted molar refractivity (Wildman–Crippen MR) is 96.5 cm³/mol. The second-order valence-electron chi connectivity index (χ2n) is 5.20. The molecule has 0 unspecified atom stereocenters. The minimum Gasteiger partial charge on any atom is -0.361 e. The second-order valence-corrected chi connectivity index (χ2v) is 6.12. The lowest BCUT2D eigenvalue weighted by Crippen LogP contribution is -2.17. The van der Waals surface area contributed by atoms with Gasteiger partial charge in [-0.3, -0.25) is 4.79 Å². The number of amides is 1. The minimum absolute atomic E-state index is 0.0938. The third kappa shape index (κ3) is 4.07. The number of H-pyrrole nitrogens is 1. The lowest BCUT2D eigenvalue weighted by molar-refractivity contribution is -0.121. The molecule has 4 nitrogen and oxygen atoms in total. The van der Waals surface area contributed by atoms with Crippen molar-refractivity contribution in [1.29, 1.82) is 0 Å². The van der Waals surface area contributed by atoms with Crippen LogP contribution in [0.25, 0.3) is 10.9 Å². The lowest BCUT2D eigenvalue weighted by atomic mass is 10.1. The maximum atomic E-state index is 11.9. The van der Waals surface area contributed by atoms with Crippen molar-refractivity contribution in [3.8, 4) is 0 Å². The summed E-state index contributed by atoms with van der Waals surface area (Å²) in [5.41, 5.74) is 5.74. The molecule has 0 saturated carbocycles. The Labute approximate surface area is 142 Å². The van der Waals surface area contributed by atoms with E-state index >= 15 is 0 Å². The maximum Gasteiger partial charge on any atom is 0.240 e. The van der Waals surface area contributed by atoms with E-state index in [2.05, 4.69) is 37.5 Å². The Bertz CT molecular complexity index is 837. The van der Waals surface area contributed by atoms with Crippen molar-refractivity contribution in [1.82, 2.24) is 10.4 Å². The molecule has 3 aromatic rings. The van der Waals surface area contributed by atoms with Crippen molar-refractivity contribution < 1.29 is 4.79 Å². The number of hydrogen-bond acceptors (Lipinski definition) is 2. The normalized spacial score (nSPS) is 11.2. The number of aryl methyl sites for hydroxylation is 1. The first-order valence-electron chi connectivity index (χ1n) is 7.35. The monoisotopic (exact) mass is 369 g/mol. The molecule has 0 fully saturated rings. The zero-order valence-electron chi connectivity index (χ0n) is 12.4. The van der Waals surface area contributed by atoms with E-state index < -0.39 is 0 Å². The summed E-state index contributed by atoms with van der Waals surface area (Å²) in [5, 5.41) is 5.15. The Morgan fingerprint density at radius 2 is 1.96 bits per heavy atom. The van der Waals surface area contributed by atoms with E-state index in [0.717, 1.165) is 21.1 Å². The van der Waals surface area contributed by atoms with Crippen LogP contribution in [0.5, 0.6) is 0 Å². The molecule has 0 saturated heterocycles. The number of carbonyl (C=O) groups is 1. The number of hydrogen-bond donors (Lipinski definition) is 2. The molecule has 2 aromatic carbocycles. The number of benzene rings is 2. The highest BCUT2D eigenvalue weighted by Crippen LogP contribution is 2.18. The largest absolute Gasteiger partial charge is 0.361 e. The first kappa shape index (κ1) is 15.5. The molecule has 0 radical (unpaired) electrons. The molecule has 3 rings (SSSR count). The first-order valence-corrected chi connectivity index (χ1v) is 8.14. The summed E-state index contributed by atoms with van der Waals surface area (Å²) in [7, 11) is 0. The standard InChI is InChI=1S/C18H16BrN3O/c19-15-8-5-13(6-9-15)11-21-22-18(23)10-7-14-12-20-17-4-2-1-3-16(14)17/h1-6,8-9,11-12,20H,7,10H2,(H,22,23). The molecule has 23 heavy (non-hydrogen) atoms. The van der Waals surface area contributed by atoms with Crippen LogP contribution in [0, 0.1) is 0 Å². The Hall–Kier alpha value is -2.40. The van der Waals surface area contributed by atoms with E-state index in [-0.39, 0.29) is 5.91 Å². The lowest BCUT2D eigenvalue weighted by Gasteiger charge is -2.00. The van der Waals surface area contributed by atoms with Gasteiger partial charge in [0.25, 0.3) is 0 Å². The van der Waals surface area contributed by atoms with Gasteiger partial charge < -0.3 is 4.98 Å². The number of rotatable bonds is 5. The van der Waals surface area contributed by atoms with E-state index in [9.17, 15) is 4.79 Å². The molecule has 0 spiro atoms. The van der Waals surface area contributed by atoms with Crippen molar-refractivity contribution in [2.45, 2.75) is 12.8 Å². The number of halogens is 1. The van der Waals surface area contributed by atoms with E-state index in [1.165, 1.54) is 5.39 Å². The Morgan fingerprint density at radius 3 is 2.78 bits per heavy atom. The fourth-order valence-electron chi connectivity index (χ4n) is 2.37. The molecule has 5 heteroatoms. The summed E-state index contributed by atoms with van der Waals surface area (Å²) in [6.07, 6.45) is 4.68. The first-order chi connectivity index (χ1) is 11.2. The van der Waals surface area contributed by atoms with Crippen molar-refractivity contribution in [2.24, 2.45) is 5.10 Å². The highest BCUT2D eigenvalue weighted by Gasteiger charge is 2.05. The van der Waals surface area contributed by atoms with E-state index in [1.54, 1.807) is 6.21 Å². The number of hydrazone groups is 1. The van der Waals surface area contributed by atoms with Gasteiger partial charge >= 0.3 is 0 Å². The van der Waals surface area contributed by atoms with Crippen LogP contribution in [-0.4, -0.2) is 17.1 Å². The fraction of sp³-hybridized carbons (Fsp3) is 0.111. The molecule has 0 aliphatic carbocycles. The molecular weight excluding hydrogens is 354 g/mol. The Balaban J connectivity index is 1.52. The average Bonchev–Trinajstić information content (AvgIpc) is 2.98. The van der Waals surface area contributed by atoms with Crippen LogP contribution in [-0.2, 0) is 11.2 Å². The molecule has 0 aliphatic heterocycles. The van der Waals surface area contributed by atoms with Crippen molar-refractivity contribution >= 4 is 39.0 Å². The van der Waals surface area contributed by atoms with E-state index in [4.69, 9.17) is 0 Å². The third-order valence-electron chi connectivity index (χ3n) is 3.57. The van der Waals surface area contributed by atoms with Crippen molar-refractivity contribution in [3.63, 3.8) is 0 Å². The minimum atomic E-state index is -0.0938. The molecule has 2 N–H and O–H groups in total. The zero-order valence-corrected chi connectivity index (χ0v) is 14.0. The zero-order chi connectivity index (χ0) is 16.1. The molecule has 1 amide bonds. The van der Waals surface area contributed by atoms with Crippen LogP contribution in [0.15, 0.2) is 64.3 Å². The van der Waals surface area contributed by atoms with Crippen LogP contribution < -0.4 is 5.43 Å². The molecule has 0 bridgehead atoms. The highest BCUT2D eigenvalue weighted by atomic mass is 79.9. The molecule has 0 aliphatic rings. The summed E-state index contributed by atoms with van der Waals surface area (Å²) in [6.45, 7) is 0. The number of fused-ring (bicyclic) bond motifs is 1. The average molecular weight is 370 g/mol. The van der Waals surface area contributed by atoms with Gasteiger partial charge in [-0.15, -0.1) is 0 Å². The Morgan fingerprint density at radius 1 is 1.17 bits per heavy atom. The molecule has 116 valence electrons. The number of carbonyl (C=O) groups excluding carboxylic acids is 1. The van der Waals surface area contributed by atoms with Crippen LogP contribution >= 0.6 is 15.9 Å². The summed E-state index contributed by atoms with van der Waals surface area (Å²) < 4.78 is 1.01. The number of aromatic amines is 1. The topological polar surface area (TPSA) is 57.2 Å². The van der Waals surface area contributed by atoms with Gasteiger partial charge in [-0.05, 0) is 35.7 Å². The van der Waals surface area contributed by atoms with Gasteiger partial charge in [-0.1, -0.05) is 46.3 Å². The van der Waals surface area contributed by atoms with E-state index in [0.29, 0.717) is 12.8 Å². The smallest absolute Gasteiger partial charge is 0.240 e. The molecule has 1 aromatic heterocycles. The number of aromatic nitrogens is 1. The van der Waals surface area contributed by atoms with Gasteiger partial charge in [0.15, 0.2) is 0 Å². The molecular formula is C18H16BrN3O. The van der Waals surface area contributed by atoms with Crippen LogP contribution in [0.1, 0.15) is 17.5 Å². The van der Waals surface area contributed by atoms with Gasteiger partial charge in [0.2, 0.25) is 5.91 Å². The number of nitrogens with zero attached hydrogens (tertiary/aromatic N) is 1. The molecule has 0 atom stereocenters. The molecule has 1 heterocycles. The maximum absolute atomic E-state index is 11.9. The highest BCUT2D eigenvalue weighted by molar-refractivity contribution is 9.10. The van der Waals surface area contributed by atoms with Crippen molar-refractivity contribution in [2.75, 3.05) is 0 Å². The SMILES string of the molecule is O=C(CCc1c[nH]c2ccccc12)NN=Cc1ccc(Br)cc1. The van der Waals surface area contributed by atoms with Crippen LogP contribution in [0.3, 0.4) is 0 Å². The predicted octanol–water partition coefficient (Wildman–Crippen LogP) is 4.01. The summed E-state index contributed by atoms with van der Waals surface area (Å²) in [4.78, 5) is 15.1.